The van der Waals surface area contributed by atoms with Gasteiger partial charge in [-0.3, -0.25) is 4.79 Å². The molecule has 1 atom stereocenters. The lowest BCUT2D eigenvalue weighted by molar-refractivity contribution is -0.132. The zero-order chi connectivity index (χ0) is 11.3. The van der Waals surface area contributed by atoms with Gasteiger partial charge in [0.25, 0.3) is 0 Å². The van der Waals surface area contributed by atoms with Crippen LogP contribution in [0.3, 0.4) is 0 Å². The van der Waals surface area contributed by atoms with Crippen LogP contribution in [0, 0.1) is 16.7 Å². The lowest BCUT2D eigenvalue weighted by atomic mass is 9.69. The van der Waals surface area contributed by atoms with Crippen molar-refractivity contribution in [2.75, 3.05) is 11.5 Å². The standard InChI is InChI=1S/C11H18N2OS/c1-3-15-7-9(2)13-10(14)11(8-12)5-4-6-11/h9H,3-7H2,1-2H3,(H,13,14). The van der Waals surface area contributed by atoms with Gasteiger partial charge < -0.3 is 5.32 Å². The van der Waals surface area contributed by atoms with Crippen LogP contribution in [0.25, 0.3) is 0 Å². The molecule has 84 valence electrons. The maximum atomic E-state index is 11.8. The third-order valence-corrected chi connectivity index (χ3v) is 3.95. The molecule has 1 amide bonds. The number of thioether (sulfide) groups is 1. The van der Waals surface area contributed by atoms with Crippen molar-refractivity contribution in [3.63, 3.8) is 0 Å². The number of carbonyl (C=O) groups excluding carboxylic acids is 1. The number of rotatable bonds is 5. The minimum Gasteiger partial charge on any atom is -0.351 e. The average Bonchev–Trinajstić information content (AvgIpc) is 2.13. The molecule has 1 rings (SSSR count). The highest BCUT2D eigenvalue weighted by Gasteiger charge is 2.44. The molecule has 1 aliphatic rings. The lowest BCUT2D eigenvalue weighted by Gasteiger charge is -2.34. The van der Waals surface area contributed by atoms with Gasteiger partial charge in [-0.2, -0.15) is 17.0 Å². The number of nitriles is 1. The van der Waals surface area contributed by atoms with E-state index in [1.54, 1.807) is 11.8 Å². The summed E-state index contributed by atoms with van der Waals surface area (Å²) < 4.78 is 0. The zero-order valence-corrected chi connectivity index (χ0v) is 10.2. The van der Waals surface area contributed by atoms with E-state index < -0.39 is 5.41 Å². The Balaban J connectivity index is 2.38. The summed E-state index contributed by atoms with van der Waals surface area (Å²) in [5.41, 5.74) is -0.703. The predicted octanol–water partition coefficient (Wildman–Crippen LogP) is 1.94. The minimum absolute atomic E-state index is 0.0690. The monoisotopic (exact) mass is 226 g/mol. The summed E-state index contributed by atoms with van der Waals surface area (Å²) in [5, 5.41) is 11.9. The molecule has 0 aromatic heterocycles. The summed E-state index contributed by atoms with van der Waals surface area (Å²) in [6.45, 7) is 4.09. The normalized spacial score (nSPS) is 19.8. The van der Waals surface area contributed by atoms with Crippen molar-refractivity contribution >= 4 is 17.7 Å². The van der Waals surface area contributed by atoms with Gasteiger partial charge in [0.15, 0.2) is 0 Å². The van der Waals surface area contributed by atoms with E-state index in [0.29, 0.717) is 0 Å². The molecular formula is C11H18N2OS. The highest BCUT2D eigenvalue weighted by atomic mass is 32.2. The SMILES string of the molecule is CCSCC(C)NC(=O)C1(C#N)CCC1. The first-order valence-corrected chi connectivity index (χ1v) is 6.60. The van der Waals surface area contributed by atoms with Crippen LogP contribution < -0.4 is 5.32 Å². The second-order valence-electron chi connectivity index (χ2n) is 4.08. The fraction of sp³-hybridized carbons (Fsp3) is 0.818. The van der Waals surface area contributed by atoms with Gasteiger partial charge in [0.05, 0.1) is 6.07 Å². The van der Waals surface area contributed by atoms with E-state index in [-0.39, 0.29) is 11.9 Å². The Labute approximate surface area is 95.6 Å². The summed E-state index contributed by atoms with van der Waals surface area (Å²) in [6.07, 6.45) is 2.45. The van der Waals surface area contributed by atoms with Crippen molar-refractivity contribution in [3.05, 3.63) is 0 Å². The maximum Gasteiger partial charge on any atom is 0.240 e. The first-order valence-electron chi connectivity index (χ1n) is 5.44. The molecule has 0 bridgehead atoms. The van der Waals surface area contributed by atoms with Crippen molar-refractivity contribution in [3.8, 4) is 6.07 Å². The third kappa shape index (κ3) is 2.88. The molecule has 0 aromatic rings. The second kappa shape index (κ2) is 5.41. The van der Waals surface area contributed by atoms with Crippen LogP contribution in [-0.4, -0.2) is 23.5 Å². The van der Waals surface area contributed by atoms with Crippen LogP contribution in [-0.2, 0) is 4.79 Å². The molecule has 0 heterocycles. The van der Waals surface area contributed by atoms with Gasteiger partial charge in [0, 0.05) is 11.8 Å². The van der Waals surface area contributed by atoms with Gasteiger partial charge in [-0.1, -0.05) is 6.92 Å². The molecule has 15 heavy (non-hydrogen) atoms. The van der Waals surface area contributed by atoms with Crippen molar-refractivity contribution in [1.29, 1.82) is 5.26 Å². The average molecular weight is 226 g/mol. The molecule has 0 radical (unpaired) electrons. The number of hydrogen-bond donors (Lipinski definition) is 1. The lowest BCUT2D eigenvalue weighted by Crippen LogP contribution is -2.48. The topological polar surface area (TPSA) is 52.9 Å². The van der Waals surface area contributed by atoms with Crippen molar-refractivity contribution in [2.24, 2.45) is 5.41 Å². The van der Waals surface area contributed by atoms with Crippen LogP contribution in [0.2, 0.25) is 0 Å². The largest absolute Gasteiger partial charge is 0.351 e. The summed E-state index contributed by atoms with van der Waals surface area (Å²) in [6, 6.07) is 2.32. The number of amides is 1. The number of carbonyl (C=O) groups is 1. The number of nitrogens with one attached hydrogen (secondary N) is 1. The van der Waals surface area contributed by atoms with Crippen LogP contribution in [0.1, 0.15) is 33.1 Å². The van der Waals surface area contributed by atoms with E-state index in [1.165, 1.54) is 0 Å². The Morgan fingerprint density at radius 1 is 1.67 bits per heavy atom. The third-order valence-electron chi connectivity index (χ3n) is 2.81. The first-order chi connectivity index (χ1) is 7.14. The van der Waals surface area contributed by atoms with Crippen molar-refractivity contribution < 1.29 is 4.79 Å². The first kappa shape index (κ1) is 12.4. The molecule has 4 heteroatoms. The molecule has 0 aliphatic heterocycles. The Morgan fingerprint density at radius 2 is 2.33 bits per heavy atom. The van der Waals surface area contributed by atoms with Gasteiger partial charge in [0.1, 0.15) is 5.41 Å². The minimum atomic E-state index is -0.703. The van der Waals surface area contributed by atoms with Gasteiger partial charge in [0.2, 0.25) is 5.91 Å². The van der Waals surface area contributed by atoms with E-state index in [1.807, 2.05) is 6.92 Å². The van der Waals surface area contributed by atoms with E-state index in [0.717, 1.165) is 30.8 Å². The molecule has 1 saturated carbocycles. The molecule has 0 aromatic carbocycles. The molecule has 1 unspecified atom stereocenters. The summed E-state index contributed by atoms with van der Waals surface area (Å²) in [7, 11) is 0. The fourth-order valence-electron chi connectivity index (χ4n) is 1.62. The number of nitrogens with zero attached hydrogens (tertiary/aromatic N) is 1. The van der Waals surface area contributed by atoms with Gasteiger partial charge in [-0.25, -0.2) is 0 Å². The Kier molecular flexibility index (Phi) is 4.46. The van der Waals surface area contributed by atoms with Gasteiger partial charge in [-0.15, -0.1) is 0 Å². The fourth-order valence-corrected chi connectivity index (χ4v) is 2.29. The van der Waals surface area contributed by atoms with E-state index >= 15 is 0 Å². The highest BCUT2D eigenvalue weighted by molar-refractivity contribution is 7.99. The molecular weight excluding hydrogens is 208 g/mol. The Bertz CT molecular complexity index is 268. The van der Waals surface area contributed by atoms with E-state index in [9.17, 15) is 4.79 Å². The van der Waals surface area contributed by atoms with Crippen LogP contribution in [0.4, 0.5) is 0 Å². The van der Waals surface area contributed by atoms with Crippen LogP contribution >= 0.6 is 11.8 Å². The molecule has 0 spiro atoms. The number of hydrogen-bond acceptors (Lipinski definition) is 3. The van der Waals surface area contributed by atoms with Crippen LogP contribution in [0.15, 0.2) is 0 Å². The summed E-state index contributed by atoms with van der Waals surface area (Å²) in [4.78, 5) is 11.8. The molecule has 1 N–H and O–H groups in total. The van der Waals surface area contributed by atoms with Crippen molar-refractivity contribution in [1.82, 2.24) is 5.32 Å². The predicted molar refractivity (Wildman–Crippen MR) is 62.5 cm³/mol. The Hall–Kier alpha value is -0.690. The summed E-state index contributed by atoms with van der Waals surface area (Å²) >= 11 is 1.80. The highest BCUT2D eigenvalue weighted by Crippen LogP contribution is 2.40. The summed E-state index contributed by atoms with van der Waals surface area (Å²) in [5.74, 6) is 1.91. The second-order valence-corrected chi connectivity index (χ2v) is 5.40. The molecule has 0 saturated heterocycles. The molecule has 1 fully saturated rings. The quantitative estimate of drug-likeness (QED) is 0.779. The maximum absolute atomic E-state index is 11.8. The van der Waals surface area contributed by atoms with Crippen LogP contribution in [0.5, 0.6) is 0 Å². The van der Waals surface area contributed by atoms with E-state index in [4.69, 9.17) is 5.26 Å². The smallest absolute Gasteiger partial charge is 0.240 e. The van der Waals surface area contributed by atoms with Crippen molar-refractivity contribution in [2.45, 2.75) is 39.2 Å². The van der Waals surface area contributed by atoms with Gasteiger partial charge >= 0.3 is 0 Å². The zero-order valence-electron chi connectivity index (χ0n) is 9.38. The van der Waals surface area contributed by atoms with E-state index in [2.05, 4.69) is 18.3 Å². The Morgan fingerprint density at radius 3 is 2.73 bits per heavy atom. The molecule has 1 aliphatic carbocycles. The van der Waals surface area contributed by atoms with Gasteiger partial charge in [-0.05, 0) is 31.9 Å². The molecule has 3 nitrogen and oxygen atoms in total.